The van der Waals surface area contributed by atoms with Crippen LogP contribution in [-0.2, 0) is 10.0 Å². The lowest BCUT2D eigenvalue weighted by Gasteiger charge is -2.14. The van der Waals surface area contributed by atoms with Gasteiger partial charge in [0.2, 0.25) is 0 Å². The molecule has 0 spiro atoms. The summed E-state index contributed by atoms with van der Waals surface area (Å²) in [5, 5.41) is 0. The van der Waals surface area contributed by atoms with E-state index in [0.717, 1.165) is 16.7 Å². The molecule has 0 fully saturated rings. The third-order valence-corrected chi connectivity index (χ3v) is 4.87. The molecule has 0 saturated heterocycles. The molecule has 0 aliphatic heterocycles. The van der Waals surface area contributed by atoms with Gasteiger partial charge in [0.1, 0.15) is 0 Å². The Hall–Kier alpha value is -2.01. The van der Waals surface area contributed by atoms with E-state index in [-0.39, 0.29) is 4.90 Å². The number of sulfonamides is 1. The average molecular weight is 290 g/mol. The fraction of sp³-hybridized carbons (Fsp3) is 0.200. The molecule has 0 saturated carbocycles. The Morgan fingerprint density at radius 1 is 0.900 bits per heavy atom. The molecular formula is C15H18N2O2S. The topological polar surface area (TPSA) is 72.2 Å². The summed E-state index contributed by atoms with van der Waals surface area (Å²) in [7, 11) is -3.59. The third kappa shape index (κ3) is 2.77. The number of hydrogen-bond donors (Lipinski definition) is 2. The Morgan fingerprint density at radius 2 is 1.50 bits per heavy atom. The van der Waals surface area contributed by atoms with Gasteiger partial charge in [-0.3, -0.25) is 4.72 Å². The Kier molecular flexibility index (Phi) is 3.72. The Morgan fingerprint density at radius 3 is 2.10 bits per heavy atom. The number of hydrogen-bond acceptors (Lipinski definition) is 3. The van der Waals surface area contributed by atoms with E-state index in [2.05, 4.69) is 4.72 Å². The molecular weight excluding hydrogens is 272 g/mol. The van der Waals surface area contributed by atoms with E-state index >= 15 is 0 Å². The lowest BCUT2D eigenvalue weighted by Crippen LogP contribution is -2.14. The van der Waals surface area contributed by atoms with Crippen LogP contribution in [0.4, 0.5) is 11.4 Å². The minimum Gasteiger partial charge on any atom is -0.399 e. The van der Waals surface area contributed by atoms with Crippen molar-refractivity contribution in [1.29, 1.82) is 0 Å². The van der Waals surface area contributed by atoms with Crippen molar-refractivity contribution in [2.24, 2.45) is 0 Å². The summed E-state index contributed by atoms with van der Waals surface area (Å²) in [6.45, 7) is 5.88. The van der Waals surface area contributed by atoms with Gasteiger partial charge in [0.15, 0.2) is 0 Å². The second-order valence-corrected chi connectivity index (χ2v) is 6.54. The highest BCUT2D eigenvalue weighted by atomic mass is 32.2. The summed E-state index contributed by atoms with van der Waals surface area (Å²) in [6, 6.07) is 9.82. The maximum Gasteiger partial charge on any atom is 0.261 e. The van der Waals surface area contributed by atoms with Gasteiger partial charge >= 0.3 is 0 Å². The van der Waals surface area contributed by atoms with E-state index in [4.69, 9.17) is 5.73 Å². The SMILES string of the molecule is Cc1ccc(NS(=O)(=O)c2ccc(N)cc2)c(C)c1C. The first-order valence-electron chi connectivity index (χ1n) is 6.26. The van der Waals surface area contributed by atoms with Crippen molar-refractivity contribution in [1.82, 2.24) is 0 Å². The van der Waals surface area contributed by atoms with Crippen molar-refractivity contribution < 1.29 is 8.42 Å². The summed E-state index contributed by atoms with van der Waals surface area (Å²) < 4.78 is 27.2. The maximum absolute atomic E-state index is 12.3. The van der Waals surface area contributed by atoms with Crippen LogP contribution in [0.25, 0.3) is 0 Å². The van der Waals surface area contributed by atoms with Crippen LogP contribution < -0.4 is 10.5 Å². The van der Waals surface area contributed by atoms with Crippen LogP contribution in [0, 0.1) is 20.8 Å². The van der Waals surface area contributed by atoms with Crippen molar-refractivity contribution in [3.63, 3.8) is 0 Å². The van der Waals surface area contributed by atoms with E-state index in [9.17, 15) is 8.42 Å². The average Bonchev–Trinajstić information content (AvgIpc) is 2.40. The van der Waals surface area contributed by atoms with E-state index in [0.29, 0.717) is 11.4 Å². The molecule has 0 aliphatic rings. The first kappa shape index (κ1) is 14.4. The number of nitrogens with one attached hydrogen (secondary N) is 1. The quantitative estimate of drug-likeness (QED) is 0.854. The van der Waals surface area contributed by atoms with Gasteiger partial charge in [0.25, 0.3) is 10.0 Å². The van der Waals surface area contributed by atoms with Crippen LogP contribution in [0.1, 0.15) is 16.7 Å². The van der Waals surface area contributed by atoms with Crippen LogP contribution in [0.5, 0.6) is 0 Å². The van der Waals surface area contributed by atoms with Crippen LogP contribution in [0.2, 0.25) is 0 Å². The van der Waals surface area contributed by atoms with E-state index < -0.39 is 10.0 Å². The van der Waals surface area contributed by atoms with Crippen LogP contribution in [0.3, 0.4) is 0 Å². The zero-order chi connectivity index (χ0) is 14.9. The van der Waals surface area contributed by atoms with E-state index in [1.165, 1.54) is 12.1 Å². The first-order valence-corrected chi connectivity index (χ1v) is 7.75. The van der Waals surface area contributed by atoms with Gasteiger partial charge in [-0.05, 0) is 67.8 Å². The van der Waals surface area contributed by atoms with Gasteiger partial charge in [-0.25, -0.2) is 8.42 Å². The van der Waals surface area contributed by atoms with Gasteiger partial charge in [0.05, 0.1) is 10.6 Å². The van der Waals surface area contributed by atoms with Crippen molar-refractivity contribution in [3.05, 3.63) is 53.1 Å². The lowest BCUT2D eigenvalue weighted by atomic mass is 10.0. The number of nitrogens with two attached hydrogens (primary N) is 1. The highest BCUT2D eigenvalue weighted by Gasteiger charge is 2.15. The molecule has 3 N–H and O–H groups in total. The Balaban J connectivity index is 2.38. The molecule has 0 atom stereocenters. The fourth-order valence-electron chi connectivity index (χ4n) is 1.92. The van der Waals surface area contributed by atoms with Gasteiger partial charge < -0.3 is 5.73 Å². The molecule has 2 aromatic carbocycles. The predicted molar refractivity (Wildman–Crippen MR) is 82.3 cm³/mol. The van der Waals surface area contributed by atoms with E-state index in [1.54, 1.807) is 18.2 Å². The number of rotatable bonds is 3. The van der Waals surface area contributed by atoms with Gasteiger partial charge in [-0.2, -0.15) is 0 Å². The number of nitrogen functional groups attached to an aromatic ring is 1. The molecule has 106 valence electrons. The first-order chi connectivity index (χ1) is 9.31. The van der Waals surface area contributed by atoms with Gasteiger partial charge in [-0.15, -0.1) is 0 Å². The molecule has 0 radical (unpaired) electrons. The fourth-order valence-corrected chi connectivity index (χ4v) is 3.04. The highest BCUT2D eigenvalue weighted by Crippen LogP contribution is 2.24. The molecule has 0 amide bonds. The third-order valence-electron chi connectivity index (χ3n) is 3.49. The number of benzene rings is 2. The summed E-state index contributed by atoms with van der Waals surface area (Å²) in [4.78, 5) is 0.198. The molecule has 4 nitrogen and oxygen atoms in total. The van der Waals surface area contributed by atoms with Crippen molar-refractivity contribution in [2.45, 2.75) is 25.7 Å². The molecule has 5 heteroatoms. The molecule has 0 aliphatic carbocycles. The normalized spacial score (nSPS) is 11.3. The van der Waals surface area contributed by atoms with Crippen molar-refractivity contribution in [2.75, 3.05) is 10.5 Å². The Labute approximate surface area is 119 Å². The van der Waals surface area contributed by atoms with Crippen molar-refractivity contribution >= 4 is 21.4 Å². The Bertz CT molecular complexity index is 735. The summed E-state index contributed by atoms with van der Waals surface area (Å²) in [5.74, 6) is 0. The number of aryl methyl sites for hydroxylation is 1. The predicted octanol–water partition coefficient (Wildman–Crippen LogP) is 2.99. The van der Waals surface area contributed by atoms with Crippen LogP contribution >= 0.6 is 0 Å². The molecule has 0 bridgehead atoms. The maximum atomic E-state index is 12.3. The smallest absolute Gasteiger partial charge is 0.261 e. The minimum absolute atomic E-state index is 0.198. The monoisotopic (exact) mass is 290 g/mol. The van der Waals surface area contributed by atoms with Gasteiger partial charge in [-0.1, -0.05) is 6.07 Å². The largest absolute Gasteiger partial charge is 0.399 e. The van der Waals surface area contributed by atoms with Crippen LogP contribution in [0.15, 0.2) is 41.3 Å². The summed E-state index contributed by atoms with van der Waals surface area (Å²) in [6.07, 6.45) is 0. The molecule has 20 heavy (non-hydrogen) atoms. The van der Waals surface area contributed by atoms with Crippen LogP contribution in [-0.4, -0.2) is 8.42 Å². The molecule has 0 unspecified atom stereocenters. The minimum atomic E-state index is -3.59. The van der Waals surface area contributed by atoms with Crippen molar-refractivity contribution in [3.8, 4) is 0 Å². The molecule has 0 heterocycles. The second-order valence-electron chi connectivity index (χ2n) is 4.85. The molecule has 2 rings (SSSR count). The molecule has 0 aromatic heterocycles. The van der Waals surface area contributed by atoms with Gasteiger partial charge in [0, 0.05) is 5.69 Å². The van der Waals surface area contributed by atoms with E-state index in [1.807, 2.05) is 26.8 Å². The standard InChI is InChI=1S/C15H18N2O2S/c1-10-4-9-15(12(3)11(10)2)17-20(18,19)14-7-5-13(16)6-8-14/h4-9,17H,16H2,1-3H3. The lowest BCUT2D eigenvalue weighted by molar-refractivity contribution is 0.601. The highest BCUT2D eigenvalue weighted by molar-refractivity contribution is 7.92. The zero-order valence-electron chi connectivity index (χ0n) is 11.8. The summed E-state index contributed by atoms with van der Waals surface area (Å²) in [5.41, 5.74) is 9.86. The summed E-state index contributed by atoms with van der Waals surface area (Å²) >= 11 is 0. The number of anilines is 2. The molecule has 2 aromatic rings. The second kappa shape index (κ2) is 5.17. The zero-order valence-corrected chi connectivity index (χ0v) is 12.6.